The van der Waals surface area contributed by atoms with Crippen LogP contribution in [0.2, 0.25) is 0 Å². The molecule has 0 fully saturated rings. The maximum absolute atomic E-state index is 12.5. The van der Waals surface area contributed by atoms with E-state index < -0.39 is 27.7 Å². The molecule has 0 atom stereocenters. The first-order chi connectivity index (χ1) is 15.1. The fraction of sp³-hybridized carbons (Fsp3) is 0.150. The van der Waals surface area contributed by atoms with Crippen molar-refractivity contribution in [1.29, 1.82) is 0 Å². The first kappa shape index (κ1) is 23.0. The summed E-state index contributed by atoms with van der Waals surface area (Å²) in [5.41, 5.74) is -0.241. The number of nitrogens with zero attached hydrogens (tertiary/aromatic N) is 2. The zero-order valence-corrected chi connectivity index (χ0v) is 17.2. The highest BCUT2D eigenvalue weighted by Crippen LogP contribution is 2.28. The van der Waals surface area contributed by atoms with Gasteiger partial charge < -0.3 is 10.6 Å². The minimum absolute atomic E-state index is 0.0130. The van der Waals surface area contributed by atoms with Gasteiger partial charge in [0.1, 0.15) is 5.82 Å². The van der Waals surface area contributed by atoms with E-state index >= 15 is 0 Å². The van der Waals surface area contributed by atoms with Crippen molar-refractivity contribution >= 4 is 27.4 Å². The number of aromatic nitrogens is 2. The predicted molar refractivity (Wildman–Crippen MR) is 112 cm³/mol. The van der Waals surface area contributed by atoms with Crippen molar-refractivity contribution in [3.05, 3.63) is 78.2 Å². The standard InChI is InChI=1S/C20H18F3N5O3S/c21-20(22,23)15-3-6-18(27-13-15)25-11-12-26-19(29)14-1-4-17(5-2-14)32(30,31)28-16-7-9-24-10-8-16/h1-10,13H,11-12H2,(H,24,28)(H,25,27)(H,26,29). The van der Waals surface area contributed by atoms with E-state index in [0.29, 0.717) is 5.69 Å². The summed E-state index contributed by atoms with van der Waals surface area (Å²) in [6, 6.07) is 10.5. The van der Waals surface area contributed by atoms with Crippen LogP contribution >= 0.6 is 0 Å². The van der Waals surface area contributed by atoms with E-state index in [1.807, 2.05) is 0 Å². The number of halogens is 3. The second-order valence-electron chi connectivity index (χ2n) is 6.48. The highest BCUT2D eigenvalue weighted by molar-refractivity contribution is 7.92. The van der Waals surface area contributed by atoms with Crippen LogP contribution in [0.3, 0.4) is 0 Å². The molecule has 0 radical (unpaired) electrons. The SMILES string of the molecule is O=C(NCCNc1ccc(C(F)(F)F)cn1)c1ccc(S(=O)(=O)Nc2ccncc2)cc1. The van der Waals surface area contributed by atoms with Gasteiger partial charge in [-0.15, -0.1) is 0 Å². The lowest BCUT2D eigenvalue weighted by atomic mass is 10.2. The Bertz CT molecular complexity index is 1150. The van der Waals surface area contributed by atoms with E-state index in [9.17, 15) is 26.4 Å². The number of benzene rings is 1. The number of anilines is 2. The molecule has 3 N–H and O–H groups in total. The molecule has 0 aliphatic heterocycles. The third-order valence-electron chi connectivity index (χ3n) is 4.17. The number of carbonyl (C=O) groups is 1. The summed E-state index contributed by atoms with van der Waals surface area (Å²) in [7, 11) is -3.82. The first-order valence-electron chi connectivity index (χ1n) is 9.23. The van der Waals surface area contributed by atoms with Crippen molar-refractivity contribution in [2.45, 2.75) is 11.1 Å². The zero-order valence-electron chi connectivity index (χ0n) is 16.4. The van der Waals surface area contributed by atoms with Gasteiger partial charge in [-0.25, -0.2) is 13.4 Å². The van der Waals surface area contributed by atoms with Crippen molar-refractivity contribution in [1.82, 2.24) is 15.3 Å². The van der Waals surface area contributed by atoms with Crippen molar-refractivity contribution in [2.24, 2.45) is 0 Å². The average molecular weight is 465 g/mol. The van der Waals surface area contributed by atoms with Gasteiger partial charge in [0, 0.05) is 37.2 Å². The molecule has 168 valence electrons. The molecule has 8 nitrogen and oxygen atoms in total. The quantitative estimate of drug-likeness (QED) is 0.441. The second kappa shape index (κ2) is 9.64. The van der Waals surface area contributed by atoms with Crippen molar-refractivity contribution in [3.8, 4) is 0 Å². The molecular weight excluding hydrogens is 447 g/mol. The maximum Gasteiger partial charge on any atom is 0.417 e. The molecule has 0 unspecified atom stereocenters. The van der Waals surface area contributed by atoms with E-state index in [4.69, 9.17) is 0 Å². The highest BCUT2D eigenvalue weighted by Gasteiger charge is 2.30. The molecule has 1 aromatic carbocycles. The summed E-state index contributed by atoms with van der Waals surface area (Å²) in [6.45, 7) is 0.400. The molecule has 1 amide bonds. The summed E-state index contributed by atoms with van der Waals surface area (Å²) in [6.07, 6.45) is -0.828. The van der Waals surface area contributed by atoms with Crippen LogP contribution in [-0.4, -0.2) is 37.4 Å². The molecule has 3 aromatic rings. The van der Waals surface area contributed by atoms with Gasteiger partial charge in [0.2, 0.25) is 0 Å². The number of pyridine rings is 2. The molecule has 3 rings (SSSR count). The number of nitrogens with one attached hydrogen (secondary N) is 3. The summed E-state index contributed by atoms with van der Waals surface area (Å²) in [4.78, 5) is 19.7. The lowest BCUT2D eigenvalue weighted by Crippen LogP contribution is -2.29. The van der Waals surface area contributed by atoms with Crippen LogP contribution in [0.1, 0.15) is 15.9 Å². The van der Waals surface area contributed by atoms with E-state index in [-0.39, 0.29) is 29.4 Å². The van der Waals surface area contributed by atoms with Gasteiger partial charge in [-0.05, 0) is 48.5 Å². The molecule has 0 bridgehead atoms. The molecule has 0 aliphatic carbocycles. The van der Waals surface area contributed by atoms with Crippen LogP contribution in [0.15, 0.2) is 72.0 Å². The minimum Gasteiger partial charge on any atom is -0.368 e. The Labute approximate surface area is 182 Å². The van der Waals surface area contributed by atoms with Crippen LogP contribution in [0.4, 0.5) is 24.7 Å². The zero-order chi connectivity index (χ0) is 23.2. The predicted octanol–water partition coefficient (Wildman–Crippen LogP) is 3.14. The van der Waals surface area contributed by atoms with Crippen molar-refractivity contribution in [2.75, 3.05) is 23.1 Å². The molecule has 0 saturated heterocycles. The smallest absolute Gasteiger partial charge is 0.368 e. The van der Waals surface area contributed by atoms with Crippen LogP contribution in [0.25, 0.3) is 0 Å². The Morgan fingerprint density at radius 1 is 0.938 bits per heavy atom. The van der Waals surface area contributed by atoms with E-state index in [1.165, 1.54) is 54.9 Å². The monoisotopic (exact) mass is 465 g/mol. The lowest BCUT2D eigenvalue weighted by Gasteiger charge is -2.10. The fourth-order valence-electron chi connectivity index (χ4n) is 2.55. The number of rotatable bonds is 8. The van der Waals surface area contributed by atoms with Crippen LogP contribution in [-0.2, 0) is 16.2 Å². The van der Waals surface area contributed by atoms with Gasteiger partial charge in [0.15, 0.2) is 0 Å². The number of carbonyl (C=O) groups excluding carboxylic acids is 1. The number of hydrogen-bond donors (Lipinski definition) is 3. The average Bonchev–Trinajstić information content (AvgIpc) is 2.77. The molecule has 0 aliphatic rings. The Kier molecular flexibility index (Phi) is 6.93. The summed E-state index contributed by atoms with van der Waals surface area (Å²) < 4.78 is 64.8. The number of alkyl halides is 3. The fourth-order valence-corrected chi connectivity index (χ4v) is 3.61. The van der Waals surface area contributed by atoms with Crippen LogP contribution in [0.5, 0.6) is 0 Å². The Balaban J connectivity index is 1.49. The highest BCUT2D eigenvalue weighted by atomic mass is 32.2. The number of sulfonamides is 1. The molecule has 32 heavy (non-hydrogen) atoms. The molecular formula is C20H18F3N5O3S. The van der Waals surface area contributed by atoms with Crippen molar-refractivity contribution in [3.63, 3.8) is 0 Å². The maximum atomic E-state index is 12.5. The first-order valence-corrected chi connectivity index (χ1v) is 10.7. The minimum atomic E-state index is -4.45. The van der Waals surface area contributed by atoms with Crippen LogP contribution in [0, 0.1) is 0 Å². The lowest BCUT2D eigenvalue weighted by molar-refractivity contribution is -0.137. The Hall–Kier alpha value is -3.67. The summed E-state index contributed by atoms with van der Waals surface area (Å²) >= 11 is 0. The summed E-state index contributed by atoms with van der Waals surface area (Å²) in [5, 5.41) is 5.42. The number of hydrogen-bond acceptors (Lipinski definition) is 6. The molecule has 0 spiro atoms. The van der Waals surface area contributed by atoms with Gasteiger partial charge in [-0.2, -0.15) is 13.2 Å². The van der Waals surface area contributed by atoms with Gasteiger partial charge in [-0.1, -0.05) is 0 Å². The molecule has 0 saturated carbocycles. The van der Waals surface area contributed by atoms with Gasteiger partial charge >= 0.3 is 6.18 Å². The Morgan fingerprint density at radius 2 is 1.62 bits per heavy atom. The topological polar surface area (TPSA) is 113 Å². The normalized spacial score (nSPS) is 11.6. The molecule has 2 aromatic heterocycles. The third kappa shape index (κ3) is 6.17. The van der Waals surface area contributed by atoms with Crippen molar-refractivity contribution < 1.29 is 26.4 Å². The Morgan fingerprint density at radius 3 is 2.22 bits per heavy atom. The molecule has 2 heterocycles. The number of amides is 1. The second-order valence-corrected chi connectivity index (χ2v) is 8.16. The van der Waals surface area contributed by atoms with E-state index in [2.05, 4.69) is 25.3 Å². The van der Waals surface area contributed by atoms with Gasteiger partial charge in [-0.3, -0.25) is 14.5 Å². The molecule has 12 heteroatoms. The third-order valence-corrected chi connectivity index (χ3v) is 5.56. The largest absolute Gasteiger partial charge is 0.417 e. The summed E-state index contributed by atoms with van der Waals surface area (Å²) in [5.74, 6) is -0.193. The van der Waals surface area contributed by atoms with E-state index in [1.54, 1.807) is 0 Å². The van der Waals surface area contributed by atoms with Gasteiger partial charge in [0.25, 0.3) is 15.9 Å². The van der Waals surface area contributed by atoms with Crippen LogP contribution < -0.4 is 15.4 Å². The van der Waals surface area contributed by atoms with E-state index in [0.717, 1.165) is 12.3 Å². The van der Waals surface area contributed by atoms with Gasteiger partial charge in [0.05, 0.1) is 16.1 Å².